The Labute approximate surface area is 165 Å². The number of aromatic nitrogens is 2. The normalized spacial score (nSPS) is 17.2. The van der Waals surface area contributed by atoms with Crippen molar-refractivity contribution >= 4 is 26.8 Å². The number of fused-ring (bicyclic) bond motifs is 2. The summed E-state index contributed by atoms with van der Waals surface area (Å²) in [7, 11) is -3.71. The van der Waals surface area contributed by atoms with Gasteiger partial charge in [-0.15, -0.1) is 0 Å². The van der Waals surface area contributed by atoms with Crippen molar-refractivity contribution in [2.24, 2.45) is 0 Å². The number of carboxylic acids is 1. The number of pyridine rings is 1. The first kappa shape index (κ1) is 19.5. The number of sulfone groups is 1. The minimum Gasteiger partial charge on any atom is -0.480 e. The fourth-order valence-corrected chi connectivity index (χ4v) is 5.44. The zero-order chi connectivity index (χ0) is 21.0. The molecule has 0 unspecified atom stereocenters. The van der Waals surface area contributed by atoms with Crippen molar-refractivity contribution in [1.82, 2.24) is 9.55 Å². The van der Waals surface area contributed by atoms with Crippen molar-refractivity contribution in [3.63, 3.8) is 0 Å². The van der Waals surface area contributed by atoms with Crippen LogP contribution in [0.25, 0.3) is 11.0 Å². The fraction of sp³-hybridized carbons (Fsp3) is 0.300. The standard InChI is InChI=1S/C20H18F2N2O4S/c1-12-15(14-3-2-7-23-19(14)24(12)11-18(25)26)9-13-4-5-17-16(10-13)20(21,22)6-8-29(17,27)28/h2-5,7,10H,6,8-9,11H2,1H3,(H,25,26). The van der Waals surface area contributed by atoms with Crippen LogP contribution in [0.4, 0.5) is 8.78 Å². The lowest BCUT2D eigenvalue weighted by Crippen LogP contribution is -2.28. The zero-order valence-electron chi connectivity index (χ0n) is 15.5. The van der Waals surface area contributed by atoms with Gasteiger partial charge < -0.3 is 9.67 Å². The van der Waals surface area contributed by atoms with Crippen molar-refractivity contribution < 1.29 is 27.1 Å². The fourth-order valence-electron chi connectivity index (χ4n) is 3.87. The van der Waals surface area contributed by atoms with Gasteiger partial charge in [-0.1, -0.05) is 6.07 Å². The average Bonchev–Trinajstić information content (AvgIpc) is 2.91. The van der Waals surface area contributed by atoms with E-state index in [9.17, 15) is 27.1 Å². The number of benzene rings is 1. The van der Waals surface area contributed by atoms with Crippen molar-refractivity contribution in [2.75, 3.05) is 5.75 Å². The summed E-state index contributed by atoms with van der Waals surface area (Å²) < 4.78 is 54.7. The van der Waals surface area contributed by atoms with Crippen LogP contribution in [-0.4, -0.2) is 34.8 Å². The first-order valence-corrected chi connectivity index (χ1v) is 10.6. The topological polar surface area (TPSA) is 89.3 Å². The molecule has 0 aliphatic carbocycles. The van der Waals surface area contributed by atoms with Crippen molar-refractivity contribution in [3.05, 3.63) is 58.9 Å². The van der Waals surface area contributed by atoms with E-state index in [-0.39, 0.29) is 17.9 Å². The maximum Gasteiger partial charge on any atom is 0.323 e. The van der Waals surface area contributed by atoms with Gasteiger partial charge in [0.15, 0.2) is 9.84 Å². The third-order valence-corrected chi connectivity index (χ3v) is 7.11. The highest BCUT2D eigenvalue weighted by Crippen LogP contribution is 2.42. The molecule has 0 saturated carbocycles. The molecule has 0 spiro atoms. The predicted molar refractivity (Wildman–Crippen MR) is 102 cm³/mol. The van der Waals surface area contributed by atoms with E-state index in [1.54, 1.807) is 29.8 Å². The number of hydrogen-bond acceptors (Lipinski definition) is 4. The minimum atomic E-state index is -3.71. The van der Waals surface area contributed by atoms with Gasteiger partial charge in [0.1, 0.15) is 12.2 Å². The Balaban J connectivity index is 1.83. The van der Waals surface area contributed by atoms with E-state index in [2.05, 4.69) is 4.98 Å². The summed E-state index contributed by atoms with van der Waals surface area (Å²) in [4.78, 5) is 15.2. The maximum atomic E-state index is 14.4. The first-order valence-electron chi connectivity index (χ1n) is 8.98. The van der Waals surface area contributed by atoms with Gasteiger partial charge in [-0.25, -0.2) is 22.2 Å². The quantitative estimate of drug-likeness (QED) is 0.700. The van der Waals surface area contributed by atoms with E-state index in [1.165, 1.54) is 18.2 Å². The summed E-state index contributed by atoms with van der Waals surface area (Å²) in [6.45, 7) is 1.50. The van der Waals surface area contributed by atoms with E-state index < -0.39 is 39.5 Å². The molecule has 3 heterocycles. The van der Waals surface area contributed by atoms with Gasteiger partial charge in [-0.3, -0.25) is 4.79 Å². The first-order chi connectivity index (χ1) is 13.6. The molecule has 9 heteroatoms. The highest BCUT2D eigenvalue weighted by atomic mass is 32.2. The molecule has 152 valence electrons. The SMILES string of the molecule is Cc1c(Cc2ccc3c(c2)C(F)(F)CCS3(=O)=O)c2cccnc2n1CC(=O)O. The third kappa shape index (κ3) is 3.29. The van der Waals surface area contributed by atoms with Crippen LogP contribution in [-0.2, 0) is 33.5 Å². The Bertz CT molecular complexity index is 1250. The van der Waals surface area contributed by atoms with E-state index in [4.69, 9.17) is 0 Å². The largest absolute Gasteiger partial charge is 0.480 e. The Hall–Kier alpha value is -2.81. The second-order valence-corrected chi connectivity index (χ2v) is 9.28. The molecule has 1 N–H and O–H groups in total. The van der Waals surface area contributed by atoms with Gasteiger partial charge >= 0.3 is 5.97 Å². The Kier molecular flexibility index (Phi) is 4.45. The number of hydrogen-bond donors (Lipinski definition) is 1. The summed E-state index contributed by atoms with van der Waals surface area (Å²) in [6, 6.07) is 7.57. The van der Waals surface area contributed by atoms with Crippen LogP contribution in [0.3, 0.4) is 0 Å². The van der Waals surface area contributed by atoms with Crippen LogP contribution in [0.2, 0.25) is 0 Å². The van der Waals surface area contributed by atoms with Gasteiger partial charge in [-0.2, -0.15) is 0 Å². The summed E-state index contributed by atoms with van der Waals surface area (Å²) in [6.07, 6.45) is 1.09. The molecule has 0 atom stereocenters. The Morgan fingerprint density at radius 3 is 2.79 bits per heavy atom. The minimum absolute atomic E-state index is 0.254. The lowest BCUT2D eigenvalue weighted by molar-refractivity contribution is -0.137. The highest BCUT2D eigenvalue weighted by Gasteiger charge is 2.43. The zero-order valence-corrected chi connectivity index (χ0v) is 16.3. The number of halogens is 2. The summed E-state index contributed by atoms with van der Waals surface area (Å²) >= 11 is 0. The molecule has 1 aromatic carbocycles. The summed E-state index contributed by atoms with van der Waals surface area (Å²) in [5.74, 6) is -4.79. The summed E-state index contributed by atoms with van der Waals surface area (Å²) in [5.41, 5.74) is 2.02. The molecule has 0 fully saturated rings. The lowest BCUT2D eigenvalue weighted by atomic mass is 9.97. The van der Waals surface area contributed by atoms with Crippen molar-refractivity contribution in [3.8, 4) is 0 Å². The van der Waals surface area contributed by atoms with Gasteiger partial charge in [0.05, 0.1) is 10.6 Å². The smallest absolute Gasteiger partial charge is 0.323 e. The number of nitrogens with zero attached hydrogens (tertiary/aromatic N) is 2. The van der Waals surface area contributed by atoms with E-state index >= 15 is 0 Å². The number of alkyl halides is 2. The van der Waals surface area contributed by atoms with E-state index in [1.807, 2.05) is 0 Å². The second-order valence-electron chi connectivity index (χ2n) is 7.20. The molecule has 0 bridgehead atoms. The number of aliphatic carboxylic acids is 1. The molecular weight excluding hydrogens is 402 g/mol. The molecular formula is C20H18F2N2O4S. The van der Waals surface area contributed by atoms with Crippen LogP contribution in [0.15, 0.2) is 41.4 Å². The van der Waals surface area contributed by atoms with Gasteiger partial charge in [-0.05, 0) is 48.7 Å². The van der Waals surface area contributed by atoms with Gasteiger partial charge in [0.2, 0.25) is 0 Å². The number of carbonyl (C=O) groups is 1. The average molecular weight is 420 g/mol. The molecule has 0 amide bonds. The van der Waals surface area contributed by atoms with Crippen molar-refractivity contribution in [2.45, 2.75) is 37.1 Å². The van der Waals surface area contributed by atoms with Crippen LogP contribution >= 0.6 is 0 Å². The molecule has 4 rings (SSSR count). The van der Waals surface area contributed by atoms with Crippen LogP contribution in [0, 0.1) is 6.92 Å². The molecule has 3 aromatic rings. The molecule has 1 aliphatic heterocycles. The Morgan fingerprint density at radius 2 is 2.07 bits per heavy atom. The highest BCUT2D eigenvalue weighted by molar-refractivity contribution is 7.91. The van der Waals surface area contributed by atoms with Crippen molar-refractivity contribution in [1.29, 1.82) is 0 Å². The number of carboxylic acid groups (broad SMARTS) is 1. The molecule has 29 heavy (non-hydrogen) atoms. The Morgan fingerprint density at radius 1 is 1.31 bits per heavy atom. The van der Waals surface area contributed by atoms with Crippen LogP contribution < -0.4 is 0 Å². The molecule has 6 nitrogen and oxygen atoms in total. The van der Waals surface area contributed by atoms with Gasteiger partial charge in [0.25, 0.3) is 5.92 Å². The van der Waals surface area contributed by atoms with E-state index in [0.29, 0.717) is 16.9 Å². The maximum absolute atomic E-state index is 14.4. The monoisotopic (exact) mass is 420 g/mol. The van der Waals surface area contributed by atoms with Gasteiger partial charge in [0, 0.05) is 29.3 Å². The molecule has 0 saturated heterocycles. The van der Waals surface area contributed by atoms with Crippen LogP contribution in [0.5, 0.6) is 0 Å². The predicted octanol–water partition coefficient (Wildman–Crippen LogP) is 3.29. The number of rotatable bonds is 4. The summed E-state index contributed by atoms with van der Waals surface area (Å²) in [5, 5.41) is 9.94. The molecule has 2 aromatic heterocycles. The van der Waals surface area contributed by atoms with Crippen LogP contribution in [0.1, 0.15) is 28.8 Å². The van der Waals surface area contributed by atoms with E-state index in [0.717, 1.165) is 10.9 Å². The molecule has 0 radical (unpaired) electrons. The lowest BCUT2D eigenvalue weighted by Gasteiger charge is -2.25. The third-order valence-electron chi connectivity index (χ3n) is 5.34. The second kappa shape index (κ2) is 6.62. The molecule has 1 aliphatic rings.